The summed E-state index contributed by atoms with van der Waals surface area (Å²) in [5.74, 6) is 15.0. The summed E-state index contributed by atoms with van der Waals surface area (Å²) in [6.07, 6.45) is -2.18. The molecule has 3 aromatic carbocycles. The highest BCUT2D eigenvalue weighted by Crippen LogP contribution is 2.37. The van der Waals surface area contributed by atoms with Gasteiger partial charge in [-0.15, -0.1) is 0 Å². The van der Waals surface area contributed by atoms with Gasteiger partial charge in [-0.3, -0.25) is 47.7 Å². The van der Waals surface area contributed by atoms with Gasteiger partial charge in [0.2, 0.25) is 17.7 Å². The van der Waals surface area contributed by atoms with Crippen molar-refractivity contribution in [3.05, 3.63) is 225 Å². The van der Waals surface area contributed by atoms with E-state index in [-0.39, 0.29) is 146 Å². The molecule has 4 aromatic heterocycles. The first-order valence-corrected chi connectivity index (χ1v) is 43.7. The minimum absolute atomic E-state index is 0.0453. The number of carbonyl (C=O) groups excluding carboxylic acids is 6. The summed E-state index contributed by atoms with van der Waals surface area (Å²) in [5.41, 5.74) is 64.4. The molecule has 3 aliphatic rings. The first kappa shape index (κ1) is 113. The Morgan fingerprint density at radius 3 is 1.23 bits per heavy atom. The SMILES string of the molecule is CNCNC(=O)c1cccc(OCC(N=[N+]=[N-])OCC(=O)NCC#Cc2cn(C3CC(OCN=[N+]=[N-])C(COP)O3)c(=O)[nH]c2=O)c1.CNCNC(=O)c1cccc(OCC(N=[N+]=[N-])OCC(=O)NCC#Cc2cn(C3CC(OCN=[N+]=[N-])C(COP)O3)c(=O)nc2N)c1.CNCNC(=O)c1cccc(OCC(N=[N+]=[N-])OCC(=O)NCC#Cc2cn(C3CC(OCN=[N+]=[N-])C(COP)O3)c3ncnc(N)c23)c1. The van der Waals surface area contributed by atoms with Crippen LogP contribution in [0, 0.1) is 35.5 Å². The van der Waals surface area contributed by atoms with Gasteiger partial charge in [0.05, 0.1) is 94.3 Å². The molecule has 15 unspecified atom stereocenters. The van der Waals surface area contributed by atoms with Crippen molar-refractivity contribution >= 4 is 86.5 Å². The average Bonchev–Trinajstić information content (AvgIpc) is 1.61. The molecule has 3 saturated heterocycles. The van der Waals surface area contributed by atoms with Crippen molar-refractivity contribution in [1.82, 2.24) is 81.5 Å². The van der Waals surface area contributed by atoms with Crippen LogP contribution in [0.4, 0.5) is 11.6 Å². The number of aromatic nitrogens is 7. The van der Waals surface area contributed by atoms with Gasteiger partial charge in [0, 0.05) is 112 Å². The third-order valence-electron chi connectivity index (χ3n) is 19.4. The Bertz CT molecular complexity index is 6190. The predicted octanol–water partition coefficient (Wildman–Crippen LogP) is 2.94. The van der Waals surface area contributed by atoms with E-state index in [0.29, 0.717) is 63.6 Å². The smallest absolute Gasteiger partial charge is 0.351 e. The second kappa shape index (κ2) is 62.8. The molecule has 0 radical (unpaired) electrons. The van der Waals surface area contributed by atoms with Crippen molar-refractivity contribution in [2.75, 3.05) is 152 Å². The number of nitrogens with two attached hydrogens (primary N) is 2. The summed E-state index contributed by atoms with van der Waals surface area (Å²) < 4.78 is 87.0. The van der Waals surface area contributed by atoms with E-state index < -0.39 is 128 Å². The number of nitrogen functional groups attached to an aromatic ring is 2. The van der Waals surface area contributed by atoms with Gasteiger partial charge in [-0.05, 0) is 109 Å². The summed E-state index contributed by atoms with van der Waals surface area (Å²) in [6, 6.07) is 19.1. The number of nitrogens with one attached hydrogen (secondary N) is 10. The van der Waals surface area contributed by atoms with Crippen LogP contribution in [0.1, 0.15) is 85.7 Å². The Morgan fingerprint density at radius 2 is 0.853 bits per heavy atom. The van der Waals surface area contributed by atoms with Crippen molar-refractivity contribution in [2.24, 2.45) is 30.7 Å². The zero-order valence-corrected chi connectivity index (χ0v) is 79.9. The highest BCUT2D eigenvalue weighted by Gasteiger charge is 2.41. The zero-order valence-electron chi connectivity index (χ0n) is 76.4. The second-order valence-corrected chi connectivity index (χ2v) is 29.9. The number of rotatable bonds is 51. The molecule has 15 atom stereocenters. The van der Waals surface area contributed by atoms with E-state index in [2.05, 4.69) is 192 Å². The molecule has 0 aliphatic carbocycles. The summed E-state index contributed by atoms with van der Waals surface area (Å²) in [4.78, 5) is 142. The fourth-order valence-corrected chi connectivity index (χ4v) is 13.4. The lowest BCUT2D eigenvalue weighted by Gasteiger charge is -2.17. The maximum Gasteiger partial charge on any atom is 0.351 e. The number of hydrogen-bond acceptors (Lipinski definition) is 38. The molecule has 3 aliphatic heterocycles. The Kier molecular flexibility index (Phi) is 49.7. The molecule has 143 heavy (non-hydrogen) atoms. The molecular formula is C80H99N36O24P3. The van der Waals surface area contributed by atoms with Crippen LogP contribution in [0.3, 0.4) is 0 Å². The largest absolute Gasteiger partial charge is 0.491 e. The van der Waals surface area contributed by atoms with Gasteiger partial charge in [-0.2, -0.15) is 4.98 Å². The minimum atomic E-state index is -1.16. The number of aromatic amines is 1. The van der Waals surface area contributed by atoms with Gasteiger partial charge in [-0.25, -0.2) is 19.6 Å². The monoisotopic (exact) mass is 2040 g/mol. The van der Waals surface area contributed by atoms with E-state index in [4.69, 9.17) is 115 Å². The van der Waals surface area contributed by atoms with Crippen molar-refractivity contribution in [3.63, 3.8) is 0 Å². The normalized spacial score (nSPS) is 17.3. The molecule has 0 bridgehead atoms. The average molecular weight is 2040 g/mol. The van der Waals surface area contributed by atoms with Crippen molar-refractivity contribution in [2.45, 2.75) is 93.3 Å². The first-order chi connectivity index (χ1) is 69.4. The fraction of sp³-hybridized carbons (Fsp3) is 0.450. The lowest BCUT2D eigenvalue weighted by atomic mass is 10.2. The molecule has 3 fully saturated rings. The van der Waals surface area contributed by atoms with Gasteiger partial charge < -0.3 is 134 Å². The van der Waals surface area contributed by atoms with E-state index in [1.807, 2.05) is 0 Å². The Balaban J connectivity index is 0.000000262. The summed E-state index contributed by atoms with van der Waals surface area (Å²) in [5, 5.41) is 45.1. The highest BCUT2D eigenvalue weighted by atomic mass is 31.0. The van der Waals surface area contributed by atoms with Crippen LogP contribution in [0.25, 0.3) is 73.7 Å². The molecule has 0 saturated carbocycles. The third-order valence-corrected chi connectivity index (χ3v) is 19.9. The van der Waals surface area contributed by atoms with E-state index in [1.54, 1.807) is 86.5 Å². The molecule has 0 spiro atoms. The van der Waals surface area contributed by atoms with Gasteiger partial charge in [0.1, 0.15) is 143 Å². The number of benzene rings is 3. The molecule has 14 N–H and O–H groups in total. The first-order valence-electron chi connectivity index (χ1n) is 42.3. The van der Waals surface area contributed by atoms with E-state index in [9.17, 15) is 43.2 Å². The van der Waals surface area contributed by atoms with Crippen molar-refractivity contribution in [3.8, 4) is 52.8 Å². The molecular weight excluding hydrogens is 1940 g/mol. The molecule has 6 amide bonds. The highest BCUT2D eigenvalue weighted by molar-refractivity contribution is 7.10. The summed E-state index contributed by atoms with van der Waals surface area (Å²) >= 11 is 0. The van der Waals surface area contributed by atoms with Crippen LogP contribution >= 0.6 is 28.4 Å². The summed E-state index contributed by atoms with van der Waals surface area (Å²) in [6.45, 7) is -1.74. The number of nitrogens with zero attached hydrogens (tertiary/aromatic N) is 24. The number of ether oxygens (including phenoxy) is 12. The Labute approximate surface area is 817 Å². The quantitative estimate of drug-likeness (QED) is 0.00651. The maximum atomic E-state index is 12.6. The zero-order chi connectivity index (χ0) is 103. The van der Waals surface area contributed by atoms with Gasteiger partial charge in [0.15, 0.2) is 18.7 Å². The topological polar surface area (TPSA) is 814 Å². The standard InChI is InChI=1S/C28H34N13O7P.C26H33N12O8P.C26H32N11O9P/c1-32-14-36-28(43)17-4-2-6-19(8-17)44-13-23(38-40-31)45-12-22(42)33-7-3-5-18-10-41(27-25(18)26(29)34-15-35-27)24-9-20(46-16-37-39-30)21(48-24)11-47-49;1-30-14-32-25(40)16-4-2-6-18(8-16)42-13-22(35-37-29)43-12-21(39)31-7-3-5-17-10-38(26(41)34-24(17)27)23-9-19(44-15-33-36-28)20(46-23)11-45-47;1-29-14-31-24(39)16-4-2-6-18(8-16)42-13-22(34-36-28)43-12-21(38)30-7-3-5-17-10-37(26(41)33-25(17)40)23-9-19(44-15-32-35-27)20(46-23)11-45-47/h2,4,6,8,10,15,20-21,23-24,32H,7,9,11-14,16,49H2,1H3,(H,33,42)(H,36,43)(H2,29,34,35);2,4,6,8,10,19-20,22-23,30H,7,9,11-15,47H2,1H3,(H,31,39)(H,32,40)(H2,27,34,41);2,4,6,8,10,19-20,22-23,29H,7,9,11-15,47H2,1H3,(H,30,38)(H,31,39)(H,33,40,41). The predicted molar refractivity (Wildman–Crippen MR) is 512 cm³/mol. The van der Waals surface area contributed by atoms with Crippen LogP contribution in [-0.2, 0) is 70.6 Å². The number of carbonyl (C=O) groups is 6. The maximum absolute atomic E-state index is 12.6. The number of anilines is 2. The van der Waals surface area contributed by atoms with Crippen molar-refractivity contribution in [1.29, 1.82) is 0 Å². The fourth-order valence-electron chi connectivity index (χ4n) is 12.9. The van der Waals surface area contributed by atoms with Gasteiger partial charge >= 0.3 is 11.4 Å². The van der Waals surface area contributed by atoms with Crippen molar-refractivity contribution < 1.29 is 99.2 Å². The Morgan fingerprint density at radius 1 is 0.490 bits per heavy atom. The van der Waals surface area contributed by atoms with Crippen LogP contribution < -0.4 is 90.5 Å². The van der Waals surface area contributed by atoms with Crippen LogP contribution in [0.15, 0.2) is 143 Å². The third kappa shape index (κ3) is 37.8. The van der Waals surface area contributed by atoms with Crippen LogP contribution in [0.2, 0.25) is 0 Å². The van der Waals surface area contributed by atoms with E-state index in [1.165, 1.54) is 41.5 Å². The second-order valence-electron chi connectivity index (χ2n) is 28.9. The molecule has 63 heteroatoms. The molecule has 7 heterocycles. The number of fused-ring (bicyclic) bond motifs is 1. The molecule has 7 aromatic rings. The molecule has 10 rings (SSSR count). The Hall–Kier alpha value is -15.1. The van der Waals surface area contributed by atoms with Gasteiger partial charge in [-0.1, -0.05) is 84.4 Å². The lowest BCUT2D eigenvalue weighted by molar-refractivity contribution is -0.128. The van der Waals surface area contributed by atoms with Gasteiger partial charge in [0.25, 0.3) is 23.3 Å². The number of H-pyrrole nitrogens is 1. The molecule has 758 valence electrons. The van der Waals surface area contributed by atoms with E-state index in [0.717, 1.165) is 4.57 Å². The van der Waals surface area contributed by atoms with Crippen LogP contribution in [-0.4, -0.2) is 265 Å². The minimum Gasteiger partial charge on any atom is -0.491 e. The summed E-state index contributed by atoms with van der Waals surface area (Å²) in [7, 11) is 11.4. The lowest BCUT2D eigenvalue weighted by Crippen LogP contribution is -2.34. The molecule has 60 nitrogen and oxygen atoms in total. The van der Waals surface area contributed by atoms with E-state index >= 15 is 0 Å². The number of hydrogen-bond donors (Lipinski definition) is 12. The number of amides is 6. The van der Waals surface area contributed by atoms with Crippen LogP contribution in [0.5, 0.6) is 17.2 Å². The number of azide groups is 6.